The van der Waals surface area contributed by atoms with E-state index in [1.165, 1.54) is 7.05 Å². The van der Waals surface area contributed by atoms with Gasteiger partial charge in [0.15, 0.2) is 5.69 Å². The first-order chi connectivity index (χ1) is 16.2. The van der Waals surface area contributed by atoms with Crippen molar-refractivity contribution in [2.24, 2.45) is 7.05 Å². The molecule has 0 fully saturated rings. The van der Waals surface area contributed by atoms with Crippen LogP contribution in [0.4, 0.5) is 19.1 Å². The Morgan fingerprint density at radius 2 is 1.79 bits per heavy atom. The minimum Gasteiger partial charge on any atom is -0.340 e. The Labute approximate surface area is 199 Å². The molecule has 180 valence electrons. The minimum atomic E-state index is -4.63. The van der Waals surface area contributed by atoms with E-state index in [1.54, 1.807) is 10.8 Å². The van der Waals surface area contributed by atoms with Gasteiger partial charge in [-0.05, 0) is 5.56 Å². The summed E-state index contributed by atoms with van der Waals surface area (Å²) in [4.78, 5) is 1.88. The van der Waals surface area contributed by atoms with Crippen molar-refractivity contribution in [3.63, 3.8) is 0 Å². The molecule has 0 radical (unpaired) electrons. The van der Waals surface area contributed by atoms with E-state index in [0.29, 0.717) is 31.3 Å². The average Bonchev–Trinajstić information content (AvgIpc) is 3.48. The fraction of sp³-hybridized carbons (Fsp3) is 0.364. The number of anilines is 1. The number of aromatic nitrogens is 7. The summed E-state index contributed by atoms with van der Waals surface area (Å²) in [6.45, 7) is 3.11. The highest BCUT2D eigenvalue weighted by Gasteiger charge is 2.38. The third-order valence-corrected chi connectivity index (χ3v) is 5.83. The van der Waals surface area contributed by atoms with E-state index in [0.717, 1.165) is 15.8 Å². The van der Waals surface area contributed by atoms with Gasteiger partial charge in [0.25, 0.3) is 0 Å². The minimum absolute atomic E-state index is 0.0571. The Bertz CT molecular complexity index is 1260. The van der Waals surface area contributed by atoms with Gasteiger partial charge in [0.05, 0.1) is 30.0 Å². The third kappa shape index (κ3) is 4.93. The number of alkyl halides is 3. The van der Waals surface area contributed by atoms with Crippen LogP contribution < -0.4 is 4.90 Å². The molecule has 12 heteroatoms. The van der Waals surface area contributed by atoms with Crippen molar-refractivity contribution in [2.45, 2.75) is 39.2 Å². The first-order valence-corrected chi connectivity index (χ1v) is 11.0. The van der Waals surface area contributed by atoms with Crippen LogP contribution in [0.1, 0.15) is 35.3 Å². The van der Waals surface area contributed by atoms with E-state index in [4.69, 9.17) is 11.6 Å². The van der Waals surface area contributed by atoms with Crippen LogP contribution in [0.15, 0.2) is 42.7 Å². The molecule has 3 aromatic heterocycles. The molecular weight excluding hydrogens is 469 g/mol. The molecule has 0 amide bonds. The summed E-state index contributed by atoms with van der Waals surface area (Å²) in [5, 5.41) is 16.1. The topological polar surface area (TPSA) is 69.6 Å². The lowest BCUT2D eigenvalue weighted by Crippen LogP contribution is -2.22. The van der Waals surface area contributed by atoms with Gasteiger partial charge in [0.1, 0.15) is 5.82 Å². The lowest BCUT2D eigenvalue weighted by atomic mass is 10.2. The summed E-state index contributed by atoms with van der Waals surface area (Å²) in [5.74, 6) is 1.14. The molecule has 0 atom stereocenters. The van der Waals surface area contributed by atoms with Gasteiger partial charge in [-0.15, -0.1) is 10.2 Å². The lowest BCUT2D eigenvalue weighted by molar-refractivity contribution is -0.141. The van der Waals surface area contributed by atoms with Crippen molar-refractivity contribution < 1.29 is 13.2 Å². The van der Waals surface area contributed by atoms with Gasteiger partial charge in [-0.2, -0.15) is 23.4 Å². The van der Waals surface area contributed by atoms with Gasteiger partial charge >= 0.3 is 6.18 Å². The number of halogens is 4. The summed E-state index contributed by atoms with van der Waals surface area (Å²) in [6.07, 6.45) is -0.335. The maximum absolute atomic E-state index is 13.2. The zero-order valence-electron chi connectivity index (χ0n) is 19.0. The quantitative estimate of drug-likeness (QED) is 0.369. The van der Waals surface area contributed by atoms with Crippen LogP contribution in [-0.2, 0) is 39.3 Å². The van der Waals surface area contributed by atoms with Crippen molar-refractivity contribution in [1.82, 2.24) is 34.3 Å². The molecule has 0 spiro atoms. The van der Waals surface area contributed by atoms with E-state index >= 15 is 0 Å². The van der Waals surface area contributed by atoms with Crippen LogP contribution >= 0.6 is 11.6 Å². The van der Waals surface area contributed by atoms with Gasteiger partial charge in [-0.25, -0.2) is 0 Å². The highest BCUT2D eigenvalue weighted by atomic mass is 35.5. The zero-order valence-corrected chi connectivity index (χ0v) is 19.7. The molecule has 8 nitrogen and oxygen atoms in total. The smallest absolute Gasteiger partial charge is 0.340 e. The summed E-state index contributed by atoms with van der Waals surface area (Å²) >= 11 is 6.08. The predicted octanol–water partition coefficient (Wildman–Crippen LogP) is 4.18. The SMILES string of the molecule is CCc1nnc(N(C)Cc2cnn(Cc3ccccc3)c2)n1Cc1c(Cl)c(C(F)(F)F)nn1C. The first kappa shape index (κ1) is 23.8. The predicted molar refractivity (Wildman–Crippen MR) is 122 cm³/mol. The van der Waals surface area contributed by atoms with Crippen LogP contribution in [0.5, 0.6) is 0 Å². The Morgan fingerprint density at radius 3 is 2.44 bits per heavy atom. The van der Waals surface area contributed by atoms with Gasteiger partial charge in [-0.1, -0.05) is 48.9 Å². The number of aryl methyl sites for hydroxylation is 2. The molecule has 0 aliphatic rings. The first-order valence-electron chi connectivity index (χ1n) is 10.6. The maximum atomic E-state index is 13.2. The second-order valence-corrected chi connectivity index (χ2v) is 8.35. The highest BCUT2D eigenvalue weighted by Crippen LogP contribution is 2.36. The fourth-order valence-electron chi connectivity index (χ4n) is 3.76. The average molecular weight is 493 g/mol. The van der Waals surface area contributed by atoms with Crippen LogP contribution in [0.3, 0.4) is 0 Å². The van der Waals surface area contributed by atoms with Crippen molar-refractivity contribution in [1.29, 1.82) is 0 Å². The standard InChI is InChI=1S/C22H24ClF3N8/c1-4-18-28-29-21(34(18)14-17-19(23)20(22(24,25)26)30-32(17)3)31(2)11-16-10-27-33(13-16)12-15-8-6-5-7-9-15/h5-10,13H,4,11-12,14H2,1-3H3. The van der Waals surface area contributed by atoms with E-state index in [-0.39, 0.29) is 12.2 Å². The molecular formula is C22H24ClF3N8. The van der Waals surface area contributed by atoms with Gasteiger partial charge in [0, 0.05) is 38.8 Å². The Kier molecular flexibility index (Phi) is 6.65. The number of hydrogen-bond acceptors (Lipinski definition) is 5. The van der Waals surface area contributed by atoms with Crippen LogP contribution in [0, 0.1) is 0 Å². The van der Waals surface area contributed by atoms with Crippen LogP contribution in [0.25, 0.3) is 0 Å². The number of rotatable bonds is 8. The van der Waals surface area contributed by atoms with E-state index < -0.39 is 16.9 Å². The molecule has 0 saturated carbocycles. The third-order valence-electron chi connectivity index (χ3n) is 5.44. The van der Waals surface area contributed by atoms with Gasteiger partial charge in [0.2, 0.25) is 5.95 Å². The monoisotopic (exact) mass is 492 g/mol. The Morgan fingerprint density at radius 1 is 1.06 bits per heavy atom. The number of hydrogen-bond donors (Lipinski definition) is 0. The summed E-state index contributed by atoms with van der Waals surface area (Å²) in [5.41, 5.74) is 1.24. The summed E-state index contributed by atoms with van der Waals surface area (Å²) < 4.78 is 44.5. The molecule has 0 aliphatic heterocycles. The second-order valence-electron chi connectivity index (χ2n) is 7.97. The second kappa shape index (κ2) is 9.49. The Balaban J connectivity index is 1.55. The fourth-order valence-corrected chi connectivity index (χ4v) is 4.08. The van der Waals surface area contributed by atoms with Crippen molar-refractivity contribution >= 4 is 17.5 Å². The molecule has 3 heterocycles. The summed E-state index contributed by atoms with van der Waals surface area (Å²) in [7, 11) is 3.29. The lowest BCUT2D eigenvalue weighted by Gasteiger charge is -2.19. The molecule has 0 saturated heterocycles. The van der Waals surface area contributed by atoms with Crippen molar-refractivity contribution in [2.75, 3.05) is 11.9 Å². The molecule has 1 aromatic carbocycles. The number of benzene rings is 1. The zero-order chi connectivity index (χ0) is 24.5. The Hall–Kier alpha value is -3.34. The van der Waals surface area contributed by atoms with E-state index in [2.05, 4.69) is 20.4 Å². The molecule has 0 bridgehead atoms. The molecule has 4 rings (SSSR count). The maximum Gasteiger partial charge on any atom is 0.436 e. The molecule has 0 aliphatic carbocycles. The molecule has 0 unspecified atom stereocenters. The van der Waals surface area contributed by atoms with Crippen LogP contribution in [0.2, 0.25) is 5.02 Å². The normalized spacial score (nSPS) is 11.9. The van der Waals surface area contributed by atoms with Gasteiger partial charge in [-0.3, -0.25) is 13.9 Å². The highest BCUT2D eigenvalue weighted by molar-refractivity contribution is 6.32. The molecule has 34 heavy (non-hydrogen) atoms. The van der Waals surface area contributed by atoms with Gasteiger partial charge < -0.3 is 4.90 Å². The number of nitrogens with zero attached hydrogens (tertiary/aromatic N) is 8. The molecule has 4 aromatic rings. The van der Waals surface area contributed by atoms with Crippen molar-refractivity contribution in [3.05, 3.63) is 76.1 Å². The molecule has 0 N–H and O–H groups in total. The largest absolute Gasteiger partial charge is 0.436 e. The summed E-state index contributed by atoms with van der Waals surface area (Å²) in [6, 6.07) is 10.0. The van der Waals surface area contributed by atoms with Crippen LogP contribution in [-0.4, -0.2) is 41.4 Å². The van der Waals surface area contributed by atoms with E-state index in [1.807, 2.05) is 60.1 Å². The van der Waals surface area contributed by atoms with E-state index in [9.17, 15) is 13.2 Å². The van der Waals surface area contributed by atoms with Crippen molar-refractivity contribution in [3.8, 4) is 0 Å².